The van der Waals surface area contributed by atoms with Crippen molar-refractivity contribution in [3.8, 4) is 0 Å². The van der Waals surface area contributed by atoms with E-state index in [9.17, 15) is 14.7 Å². The van der Waals surface area contributed by atoms with Gasteiger partial charge < -0.3 is 19.6 Å². The molecule has 1 aliphatic carbocycles. The molecule has 0 unspecified atom stereocenters. The first-order valence-corrected chi connectivity index (χ1v) is 8.48. The summed E-state index contributed by atoms with van der Waals surface area (Å²) < 4.78 is 4.97. The number of rotatable bonds is 4. The molecule has 6 heteroatoms. The fourth-order valence-electron chi connectivity index (χ4n) is 4.19. The first kappa shape index (κ1) is 15.6. The van der Waals surface area contributed by atoms with E-state index in [-0.39, 0.29) is 48.9 Å². The zero-order chi connectivity index (χ0) is 16.8. The molecule has 3 aliphatic rings. The number of anilines is 1. The van der Waals surface area contributed by atoms with Gasteiger partial charge in [-0.25, -0.2) is 0 Å². The zero-order valence-electron chi connectivity index (χ0n) is 13.7. The molecule has 0 bridgehead atoms. The molecule has 1 aromatic rings. The van der Waals surface area contributed by atoms with Gasteiger partial charge in [0, 0.05) is 31.2 Å². The molecule has 0 aromatic heterocycles. The fraction of sp³-hybridized carbons (Fsp3) is 0.556. The molecule has 24 heavy (non-hydrogen) atoms. The van der Waals surface area contributed by atoms with Crippen molar-refractivity contribution < 1.29 is 19.4 Å². The van der Waals surface area contributed by atoms with Crippen LogP contribution in [0.4, 0.5) is 5.69 Å². The molecule has 3 atom stereocenters. The molecule has 1 saturated carbocycles. The normalized spacial score (nSPS) is 28.0. The smallest absolute Gasteiger partial charge is 0.249 e. The van der Waals surface area contributed by atoms with E-state index in [4.69, 9.17) is 4.74 Å². The summed E-state index contributed by atoms with van der Waals surface area (Å²) in [5.74, 6) is 0.241. The number of fused-ring (bicyclic) bond motifs is 3. The molecular formula is C18H22N2O4. The maximum Gasteiger partial charge on any atom is 0.249 e. The van der Waals surface area contributed by atoms with Crippen LogP contribution in [-0.2, 0) is 14.3 Å². The predicted molar refractivity (Wildman–Crippen MR) is 87.6 cm³/mol. The second-order valence-corrected chi connectivity index (χ2v) is 6.86. The van der Waals surface area contributed by atoms with Crippen molar-refractivity contribution in [3.63, 3.8) is 0 Å². The Labute approximate surface area is 141 Å². The van der Waals surface area contributed by atoms with Crippen LogP contribution in [0.3, 0.4) is 0 Å². The lowest BCUT2D eigenvalue weighted by molar-refractivity contribution is -0.155. The first-order chi connectivity index (χ1) is 11.7. The number of aliphatic hydroxyl groups is 1. The van der Waals surface area contributed by atoms with Gasteiger partial charge >= 0.3 is 0 Å². The van der Waals surface area contributed by atoms with Crippen molar-refractivity contribution in [1.82, 2.24) is 4.90 Å². The maximum atomic E-state index is 12.7. The van der Waals surface area contributed by atoms with Crippen LogP contribution in [0.2, 0.25) is 0 Å². The van der Waals surface area contributed by atoms with Crippen molar-refractivity contribution >= 4 is 17.5 Å². The van der Waals surface area contributed by atoms with Crippen molar-refractivity contribution in [2.75, 3.05) is 31.8 Å². The highest BCUT2D eigenvalue weighted by Gasteiger charge is 2.55. The molecule has 6 nitrogen and oxygen atoms in total. The Balaban J connectivity index is 1.69. The number of aliphatic hydroxyl groups excluding tert-OH is 1. The Morgan fingerprint density at radius 3 is 2.71 bits per heavy atom. The number of ether oxygens (including phenoxy) is 1. The number of carbonyl (C=O) groups is 2. The molecule has 1 saturated heterocycles. The molecular weight excluding hydrogens is 308 g/mol. The van der Waals surface area contributed by atoms with Crippen LogP contribution >= 0.6 is 0 Å². The number of amides is 2. The number of nitrogens with zero attached hydrogens (tertiary/aromatic N) is 2. The summed E-state index contributed by atoms with van der Waals surface area (Å²) in [5, 5.41) is 9.80. The van der Waals surface area contributed by atoms with Gasteiger partial charge in [0.1, 0.15) is 6.61 Å². The topological polar surface area (TPSA) is 70.1 Å². The van der Waals surface area contributed by atoms with Crippen molar-refractivity contribution in [3.05, 3.63) is 29.8 Å². The Morgan fingerprint density at radius 1 is 1.29 bits per heavy atom. The largest absolute Gasteiger partial charge is 0.394 e. The molecule has 4 rings (SSSR count). The summed E-state index contributed by atoms with van der Waals surface area (Å²) in [5.41, 5.74) is 2.00. The third-order valence-electron chi connectivity index (χ3n) is 5.44. The molecule has 1 N–H and O–H groups in total. The van der Waals surface area contributed by atoms with E-state index >= 15 is 0 Å². The number of methoxy groups -OCH3 is 1. The highest BCUT2D eigenvalue weighted by Crippen LogP contribution is 2.49. The van der Waals surface area contributed by atoms with E-state index in [0.29, 0.717) is 6.54 Å². The van der Waals surface area contributed by atoms with E-state index in [1.54, 1.807) is 4.90 Å². The van der Waals surface area contributed by atoms with Gasteiger partial charge in [0.2, 0.25) is 11.8 Å². The van der Waals surface area contributed by atoms with Gasteiger partial charge in [0.15, 0.2) is 0 Å². The SMILES string of the molecule is COCC(=O)N1[C@H](CO)[C@@H]2c3ccccc3N(C(=O)C3CC3)C[C@@H]21. The Kier molecular flexibility index (Phi) is 3.81. The monoisotopic (exact) mass is 330 g/mol. The molecule has 2 fully saturated rings. The lowest BCUT2D eigenvalue weighted by Gasteiger charge is -2.58. The minimum atomic E-state index is -0.239. The van der Waals surface area contributed by atoms with Crippen LogP contribution in [-0.4, -0.2) is 60.8 Å². The molecule has 128 valence electrons. The minimum Gasteiger partial charge on any atom is -0.394 e. The van der Waals surface area contributed by atoms with Crippen LogP contribution in [0.5, 0.6) is 0 Å². The highest BCUT2D eigenvalue weighted by molar-refractivity contribution is 5.98. The van der Waals surface area contributed by atoms with Crippen LogP contribution in [0.1, 0.15) is 24.3 Å². The Hall–Kier alpha value is -1.92. The fourth-order valence-corrected chi connectivity index (χ4v) is 4.19. The quantitative estimate of drug-likeness (QED) is 0.884. The maximum absolute atomic E-state index is 12.7. The summed E-state index contributed by atoms with van der Waals surface area (Å²) >= 11 is 0. The van der Waals surface area contributed by atoms with Crippen molar-refractivity contribution in [2.24, 2.45) is 5.92 Å². The minimum absolute atomic E-state index is 0.00205. The van der Waals surface area contributed by atoms with E-state index in [0.717, 1.165) is 24.1 Å². The molecule has 2 amide bonds. The van der Waals surface area contributed by atoms with Crippen LogP contribution < -0.4 is 4.90 Å². The van der Waals surface area contributed by atoms with Crippen molar-refractivity contribution in [2.45, 2.75) is 30.8 Å². The number of likely N-dealkylation sites (tertiary alicyclic amines) is 1. The van der Waals surface area contributed by atoms with E-state index in [1.165, 1.54) is 7.11 Å². The van der Waals surface area contributed by atoms with Gasteiger partial charge in [-0.3, -0.25) is 9.59 Å². The molecule has 2 aliphatic heterocycles. The van der Waals surface area contributed by atoms with Gasteiger partial charge in [-0.2, -0.15) is 0 Å². The van der Waals surface area contributed by atoms with E-state index in [1.807, 2.05) is 29.2 Å². The third-order valence-corrected chi connectivity index (χ3v) is 5.44. The van der Waals surface area contributed by atoms with Gasteiger partial charge in [-0.1, -0.05) is 18.2 Å². The van der Waals surface area contributed by atoms with Crippen LogP contribution in [0.15, 0.2) is 24.3 Å². The molecule has 0 spiro atoms. The molecule has 2 heterocycles. The lowest BCUT2D eigenvalue weighted by atomic mass is 9.72. The van der Waals surface area contributed by atoms with Crippen LogP contribution in [0, 0.1) is 5.92 Å². The number of hydrogen-bond donors (Lipinski definition) is 1. The van der Waals surface area contributed by atoms with Gasteiger partial charge in [0.25, 0.3) is 0 Å². The Morgan fingerprint density at radius 2 is 2.04 bits per heavy atom. The summed E-state index contributed by atoms with van der Waals surface area (Å²) in [6.45, 7) is 0.419. The van der Waals surface area contributed by atoms with E-state index in [2.05, 4.69) is 0 Å². The highest BCUT2D eigenvalue weighted by atomic mass is 16.5. The van der Waals surface area contributed by atoms with Gasteiger partial charge in [-0.15, -0.1) is 0 Å². The Bertz CT molecular complexity index is 673. The summed E-state index contributed by atoms with van der Waals surface area (Å²) in [7, 11) is 1.49. The third kappa shape index (κ3) is 2.24. The van der Waals surface area contributed by atoms with Gasteiger partial charge in [-0.05, 0) is 24.5 Å². The second-order valence-electron chi connectivity index (χ2n) is 6.86. The lowest BCUT2D eigenvalue weighted by Crippen LogP contribution is -2.71. The average molecular weight is 330 g/mol. The summed E-state index contributed by atoms with van der Waals surface area (Å²) in [4.78, 5) is 28.6. The standard InChI is InChI=1S/C18H22N2O4/c1-24-10-16(22)20-14-8-19(18(23)11-6-7-11)13-5-3-2-4-12(13)17(14)15(20)9-21/h2-5,11,14-15,17,21H,6-10H2,1H3/t14-,15+,17+/m0/s1. The zero-order valence-corrected chi connectivity index (χ0v) is 13.7. The second kappa shape index (κ2) is 5.86. The molecule has 1 aromatic carbocycles. The van der Waals surface area contributed by atoms with Crippen molar-refractivity contribution in [1.29, 1.82) is 0 Å². The van der Waals surface area contributed by atoms with Crippen LogP contribution in [0.25, 0.3) is 0 Å². The van der Waals surface area contributed by atoms with E-state index < -0.39 is 0 Å². The number of carbonyl (C=O) groups excluding carboxylic acids is 2. The summed E-state index contributed by atoms with van der Waals surface area (Å²) in [6, 6.07) is 7.56. The number of hydrogen-bond acceptors (Lipinski definition) is 4. The average Bonchev–Trinajstić information content (AvgIpc) is 3.40. The first-order valence-electron chi connectivity index (χ1n) is 8.48. The molecule has 0 radical (unpaired) electrons. The number of para-hydroxylation sites is 1. The summed E-state index contributed by atoms with van der Waals surface area (Å²) in [6.07, 6.45) is 1.91. The van der Waals surface area contributed by atoms with Gasteiger partial charge in [0.05, 0.1) is 18.7 Å². The predicted octanol–water partition coefficient (Wildman–Crippen LogP) is 0.745. The number of benzene rings is 1.